The Balaban J connectivity index is 1.63. The van der Waals surface area contributed by atoms with Gasteiger partial charge in [0.2, 0.25) is 0 Å². The Morgan fingerprint density at radius 1 is 1.08 bits per heavy atom. The van der Waals surface area contributed by atoms with E-state index >= 15 is 0 Å². The van der Waals surface area contributed by atoms with Crippen LogP contribution in [0, 0.1) is 11.8 Å². The second-order valence-corrected chi connectivity index (χ2v) is 4.44. The molecule has 1 saturated carbocycles. The quantitative estimate of drug-likeness (QED) is 0.662. The van der Waals surface area contributed by atoms with E-state index < -0.39 is 0 Å². The van der Waals surface area contributed by atoms with Crippen LogP contribution in [-0.2, 0) is 6.54 Å². The maximum absolute atomic E-state index is 2.59. The first-order valence-corrected chi connectivity index (χ1v) is 5.18. The summed E-state index contributed by atoms with van der Waals surface area (Å²) in [4.78, 5) is 2.59. The fraction of sp³-hybridized carbons (Fsp3) is 0.500. The summed E-state index contributed by atoms with van der Waals surface area (Å²) in [6, 6.07) is 10.8. The number of rotatable bonds is 2. The lowest BCUT2D eigenvalue weighted by Crippen LogP contribution is -2.21. The van der Waals surface area contributed by atoms with Crippen molar-refractivity contribution in [3.8, 4) is 0 Å². The van der Waals surface area contributed by atoms with Crippen molar-refractivity contribution in [3.05, 3.63) is 35.9 Å². The maximum atomic E-state index is 2.59. The van der Waals surface area contributed by atoms with E-state index in [-0.39, 0.29) is 0 Å². The predicted octanol–water partition coefficient (Wildman–Crippen LogP) is 2.14. The number of hydrogen-bond donors (Lipinski definition) is 0. The van der Waals surface area contributed by atoms with Crippen LogP contribution in [0.25, 0.3) is 0 Å². The molecule has 68 valence electrons. The first-order valence-electron chi connectivity index (χ1n) is 5.18. The molecule has 1 heterocycles. The van der Waals surface area contributed by atoms with Crippen molar-refractivity contribution < 1.29 is 0 Å². The minimum absolute atomic E-state index is 1.06. The molecule has 0 spiro atoms. The van der Waals surface area contributed by atoms with Crippen LogP contribution >= 0.6 is 0 Å². The standard InChI is InChI=1S/C12H15N/c1-2-4-10(5-3-1)7-13-8-11-6-12(11)9-13/h1-5,11-12H,6-9H2/t11-,12-/m1/s1. The minimum atomic E-state index is 1.06. The van der Waals surface area contributed by atoms with Crippen molar-refractivity contribution in [1.82, 2.24) is 4.90 Å². The molecule has 1 aromatic carbocycles. The van der Waals surface area contributed by atoms with Gasteiger partial charge < -0.3 is 0 Å². The van der Waals surface area contributed by atoms with Crippen LogP contribution in [0.1, 0.15) is 12.0 Å². The van der Waals surface area contributed by atoms with E-state index in [1.54, 1.807) is 0 Å². The molecular formula is C12H15N. The third-order valence-electron chi connectivity index (χ3n) is 3.30. The lowest BCUT2D eigenvalue weighted by molar-refractivity contribution is 0.297. The largest absolute Gasteiger partial charge is 0.299 e. The first kappa shape index (κ1) is 7.57. The third-order valence-corrected chi connectivity index (χ3v) is 3.30. The van der Waals surface area contributed by atoms with Gasteiger partial charge in [0, 0.05) is 19.6 Å². The number of fused-ring (bicyclic) bond motifs is 1. The molecule has 2 atom stereocenters. The number of likely N-dealkylation sites (tertiary alicyclic amines) is 1. The monoisotopic (exact) mass is 173 g/mol. The highest BCUT2D eigenvalue weighted by Gasteiger charge is 2.44. The molecule has 1 saturated heterocycles. The summed E-state index contributed by atoms with van der Waals surface area (Å²) in [5.41, 5.74) is 1.46. The summed E-state index contributed by atoms with van der Waals surface area (Å²) < 4.78 is 0. The van der Waals surface area contributed by atoms with Crippen molar-refractivity contribution in [2.24, 2.45) is 11.8 Å². The normalized spacial score (nSPS) is 31.7. The van der Waals surface area contributed by atoms with E-state index in [0.717, 1.165) is 18.4 Å². The molecule has 3 rings (SSSR count). The van der Waals surface area contributed by atoms with Crippen LogP contribution in [0.3, 0.4) is 0 Å². The molecule has 1 aliphatic heterocycles. The lowest BCUT2D eigenvalue weighted by atomic mass is 10.2. The Morgan fingerprint density at radius 3 is 2.46 bits per heavy atom. The summed E-state index contributed by atoms with van der Waals surface area (Å²) in [5.74, 6) is 2.12. The van der Waals surface area contributed by atoms with Gasteiger partial charge in [-0.15, -0.1) is 0 Å². The van der Waals surface area contributed by atoms with E-state index in [0.29, 0.717) is 0 Å². The molecule has 0 N–H and O–H groups in total. The van der Waals surface area contributed by atoms with Gasteiger partial charge >= 0.3 is 0 Å². The molecule has 0 bridgehead atoms. The Bertz CT molecular complexity index is 283. The molecule has 1 aliphatic carbocycles. The molecule has 13 heavy (non-hydrogen) atoms. The maximum Gasteiger partial charge on any atom is 0.0233 e. The molecule has 1 heteroatoms. The van der Waals surface area contributed by atoms with Crippen LogP contribution in [0.5, 0.6) is 0 Å². The number of nitrogens with zero attached hydrogens (tertiary/aromatic N) is 1. The molecule has 2 aliphatic rings. The van der Waals surface area contributed by atoms with E-state index in [2.05, 4.69) is 35.2 Å². The van der Waals surface area contributed by atoms with Gasteiger partial charge in [-0.2, -0.15) is 0 Å². The van der Waals surface area contributed by atoms with Crippen molar-refractivity contribution in [2.75, 3.05) is 13.1 Å². The van der Waals surface area contributed by atoms with Crippen molar-refractivity contribution in [2.45, 2.75) is 13.0 Å². The average molecular weight is 173 g/mol. The van der Waals surface area contributed by atoms with E-state index in [1.807, 2.05) is 0 Å². The van der Waals surface area contributed by atoms with Gasteiger partial charge in [-0.1, -0.05) is 30.3 Å². The zero-order valence-electron chi connectivity index (χ0n) is 7.82. The zero-order chi connectivity index (χ0) is 8.67. The van der Waals surface area contributed by atoms with Gasteiger partial charge in [0.1, 0.15) is 0 Å². The predicted molar refractivity (Wildman–Crippen MR) is 53.3 cm³/mol. The summed E-state index contributed by atoms with van der Waals surface area (Å²) in [5, 5.41) is 0. The fourth-order valence-corrected chi connectivity index (χ4v) is 2.47. The van der Waals surface area contributed by atoms with Gasteiger partial charge in [-0.05, 0) is 23.8 Å². The second kappa shape index (κ2) is 2.85. The van der Waals surface area contributed by atoms with Gasteiger partial charge in [-0.3, -0.25) is 4.90 Å². The third kappa shape index (κ3) is 1.49. The van der Waals surface area contributed by atoms with Gasteiger partial charge in [0.25, 0.3) is 0 Å². The van der Waals surface area contributed by atoms with Crippen LogP contribution in [-0.4, -0.2) is 18.0 Å². The Hall–Kier alpha value is -0.820. The van der Waals surface area contributed by atoms with Crippen molar-refractivity contribution in [1.29, 1.82) is 0 Å². The van der Waals surface area contributed by atoms with E-state index in [4.69, 9.17) is 0 Å². The van der Waals surface area contributed by atoms with E-state index in [1.165, 1.54) is 25.1 Å². The summed E-state index contributed by atoms with van der Waals surface area (Å²) in [6.07, 6.45) is 1.51. The molecule has 0 unspecified atom stereocenters. The van der Waals surface area contributed by atoms with Gasteiger partial charge in [-0.25, -0.2) is 0 Å². The van der Waals surface area contributed by atoms with Gasteiger partial charge in [0.05, 0.1) is 0 Å². The number of benzene rings is 1. The van der Waals surface area contributed by atoms with Gasteiger partial charge in [0.15, 0.2) is 0 Å². The lowest BCUT2D eigenvalue weighted by Gasteiger charge is -2.16. The Kier molecular flexibility index (Phi) is 1.66. The SMILES string of the molecule is c1ccc(CN2C[C@H]3C[C@@H]3C2)cc1. The molecule has 0 amide bonds. The zero-order valence-corrected chi connectivity index (χ0v) is 7.82. The Morgan fingerprint density at radius 2 is 1.77 bits per heavy atom. The van der Waals surface area contributed by atoms with Crippen LogP contribution in [0.4, 0.5) is 0 Å². The Labute approximate surface area is 79.4 Å². The topological polar surface area (TPSA) is 3.24 Å². The van der Waals surface area contributed by atoms with Crippen LogP contribution in [0.2, 0.25) is 0 Å². The van der Waals surface area contributed by atoms with Crippen LogP contribution in [0.15, 0.2) is 30.3 Å². The molecule has 1 nitrogen and oxygen atoms in total. The minimum Gasteiger partial charge on any atom is -0.299 e. The van der Waals surface area contributed by atoms with Crippen LogP contribution < -0.4 is 0 Å². The number of piperidine rings is 1. The molecule has 0 radical (unpaired) electrons. The summed E-state index contributed by atoms with van der Waals surface area (Å²) in [6.45, 7) is 3.85. The first-order chi connectivity index (χ1) is 6.42. The smallest absolute Gasteiger partial charge is 0.0233 e. The summed E-state index contributed by atoms with van der Waals surface area (Å²) in [7, 11) is 0. The molecule has 2 fully saturated rings. The van der Waals surface area contributed by atoms with E-state index in [9.17, 15) is 0 Å². The molecule has 0 aromatic heterocycles. The van der Waals surface area contributed by atoms with Crippen molar-refractivity contribution in [3.63, 3.8) is 0 Å². The fourth-order valence-electron chi connectivity index (χ4n) is 2.47. The highest BCUT2D eigenvalue weighted by Crippen LogP contribution is 2.45. The highest BCUT2D eigenvalue weighted by molar-refractivity contribution is 5.15. The average Bonchev–Trinajstić information content (AvgIpc) is 2.76. The second-order valence-electron chi connectivity index (χ2n) is 4.44. The number of hydrogen-bond acceptors (Lipinski definition) is 1. The van der Waals surface area contributed by atoms with Crippen molar-refractivity contribution >= 4 is 0 Å². The molecular weight excluding hydrogens is 158 g/mol. The highest BCUT2D eigenvalue weighted by atomic mass is 15.2. The summed E-state index contributed by atoms with van der Waals surface area (Å²) >= 11 is 0. The molecule has 1 aromatic rings.